The second kappa shape index (κ2) is 7.76. The van der Waals surface area contributed by atoms with Gasteiger partial charge in [-0.2, -0.15) is 15.0 Å². The van der Waals surface area contributed by atoms with E-state index in [1.165, 1.54) is 0 Å². The van der Waals surface area contributed by atoms with Crippen LogP contribution in [0.15, 0.2) is 35.2 Å². The molecule has 2 unspecified atom stereocenters. The van der Waals surface area contributed by atoms with Gasteiger partial charge in [-0.05, 0) is 25.5 Å². The van der Waals surface area contributed by atoms with E-state index in [1.807, 2.05) is 6.92 Å². The number of benzene rings is 1. The fourth-order valence-electron chi connectivity index (χ4n) is 2.08. The predicted molar refractivity (Wildman–Crippen MR) is 94.7 cm³/mol. The van der Waals surface area contributed by atoms with Gasteiger partial charge < -0.3 is 11.1 Å². The highest BCUT2D eigenvalue weighted by Crippen LogP contribution is 2.18. The van der Waals surface area contributed by atoms with Gasteiger partial charge in [0.25, 0.3) is 0 Å². The summed E-state index contributed by atoms with van der Waals surface area (Å²) in [7, 11) is -3.42. The molecule has 3 N–H and O–H groups in total. The summed E-state index contributed by atoms with van der Waals surface area (Å²) in [5.41, 5.74) is 5.65. The van der Waals surface area contributed by atoms with Crippen LogP contribution in [0.1, 0.15) is 31.5 Å². The van der Waals surface area contributed by atoms with Gasteiger partial charge in [0.1, 0.15) is 0 Å². The lowest BCUT2D eigenvalue weighted by Gasteiger charge is -2.17. The van der Waals surface area contributed by atoms with Crippen LogP contribution in [-0.2, 0) is 9.84 Å². The molecule has 0 aliphatic rings. The van der Waals surface area contributed by atoms with Crippen LogP contribution in [0.3, 0.4) is 0 Å². The molecule has 0 saturated carbocycles. The van der Waals surface area contributed by atoms with Gasteiger partial charge in [0, 0.05) is 6.04 Å². The summed E-state index contributed by atoms with van der Waals surface area (Å²) >= 11 is 5.97. The minimum absolute atomic E-state index is 0.0377. The zero-order chi connectivity index (χ0) is 17.7. The first-order valence-corrected chi connectivity index (χ1v) is 9.60. The molecule has 0 aliphatic heterocycles. The molecule has 2 aromatic rings. The van der Waals surface area contributed by atoms with Crippen molar-refractivity contribution in [3.05, 3.63) is 36.2 Å². The third-order valence-electron chi connectivity index (χ3n) is 3.37. The topological polar surface area (TPSA) is 111 Å². The van der Waals surface area contributed by atoms with Gasteiger partial charge in [-0.3, -0.25) is 0 Å². The van der Waals surface area contributed by atoms with Crippen molar-refractivity contribution in [2.24, 2.45) is 0 Å². The van der Waals surface area contributed by atoms with Crippen molar-refractivity contribution >= 4 is 33.3 Å². The van der Waals surface area contributed by atoms with Crippen molar-refractivity contribution < 1.29 is 8.42 Å². The first kappa shape index (κ1) is 18.4. The molecule has 0 spiro atoms. The second-order valence-electron chi connectivity index (χ2n) is 5.34. The summed E-state index contributed by atoms with van der Waals surface area (Å²) in [6.45, 7) is 3.60. The molecule has 9 heteroatoms. The number of nitrogens with one attached hydrogen (secondary N) is 1. The standard InChI is InChI=1S/C15H20ClN5O2S/c1-3-11(9-24(22,23)12-7-5-4-6-8-12)18-15-20-13(10(2)16)19-14(17)21-15/h4-8,10-11H,3,9H2,1-2H3,(H3,17,18,19,20,21). The molecule has 0 saturated heterocycles. The van der Waals surface area contributed by atoms with Gasteiger partial charge in [0.05, 0.1) is 16.0 Å². The molecular formula is C15H20ClN5O2S. The fourth-order valence-corrected chi connectivity index (χ4v) is 3.80. The van der Waals surface area contributed by atoms with Crippen molar-refractivity contribution in [3.63, 3.8) is 0 Å². The number of anilines is 2. The summed E-state index contributed by atoms with van der Waals surface area (Å²) in [6, 6.07) is 7.96. The monoisotopic (exact) mass is 369 g/mol. The molecular weight excluding hydrogens is 350 g/mol. The Morgan fingerprint density at radius 3 is 2.46 bits per heavy atom. The zero-order valence-electron chi connectivity index (χ0n) is 13.5. The molecule has 0 aliphatic carbocycles. The van der Waals surface area contributed by atoms with Crippen LogP contribution < -0.4 is 11.1 Å². The minimum Gasteiger partial charge on any atom is -0.368 e. The molecule has 1 aromatic heterocycles. The van der Waals surface area contributed by atoms with E-state index in [2.05, 4.69) is 20.3 Å². The van der Waals surface area contributed by atoms with Crippen molar-refractivity contribution in [2.45, 2.75) is 36.6 Å². The highest BCUT2D eigenvalue weighted by molar-refractivity contribution is 7.91. The smallest absolute Gasteiger partial charge is 0.228 e. The van der Waals surface area contributed by atoms with Gasteiger partial charge >= 0.3 is 0 Å². The van der Waals surface area contributed by atoms with Crippen LogP contribution in [0.2, 0.25) is 0 Å². The second-order valence-corrected chi connectivity index (χ2v) is 8.02. The van der Waals surface area contributed by atoms with Crippen LogP contribution in [0.5, 0.6) is 0 Å². The van der Waals surface area contributed by atoms with Crippen molar-refractivity contribution in [2.75, 3.05) is 16.8 Å². The van der Waals surface area contributed by atoms with E-state index in [1.54, 1.807) is 37.3 Å². The number of rotatable bonds is 7. The predicted octanol–water partition coefficient (Wildman–Crippen LogP) is 2.42. The number of aromatic nitrogens is 3. The third kappa shape index (κ3) is 4.78. The van der Waals surface area contributed by atoms with Gasteiger partial charge in [-0.25, -0.2) is 8.42 Å². The first-order valence-electron chi connectivity index (χ1n) is 7.51. The quantitative estimate of drug-likeness (QED) is 0.721. The molecule has 24 heavy (non-hydrogen) atoms. The highest BCUT2D eigenvalue weighted by atomic mass is 35.5. The number of nitrogen functional groups attached to an aromatic ring is 1. The number of hydrogen-bond donors (Lipinski definition) is 2. The Bertz CT molecular complexity index is 784. The van der Waals surface area contributed by atoms with E-state index in [9.17, 15) is 8.42 Å². The van der Waals surface area contributed by atoms with Crippen molar-refractivity contribution in [1.29, 1.82) is 0 Å². The van der Waals surface area contributed by atoms with Crippen molar-refractivity contribution in [3.8, 4) is 0 Å². The average Bonchev–Trinajstić information content (AvgIpc) is 2.54. The maximum Gasteiger partial charge on any atom is 0.228 e. The van der Waals surface area contributed by atoms with Gasteiger partial charge in [-0.1, -0.05) is 25.1 Å². The maximum atomic E-state index is 12.5. The molecule has 0 fully saturated rings. The van der Waals surface area contributed by atoms with Gasteiger partial charge in [-0.15, -0.1) is 11.6 Å². The molecule has 2 atom stereocenters. The molecule has 0 bridgehead atoms. The number of halogens is 1. The molecule has 0 radical (unpaired) electrons. The summed E-state index contributed by atoms with van der Waals surface area (Å²) in [6.07, 6.45) is 0.573. The Labute approximate surface area is 146 Å². The van der Waals surface area contributed by atoms with Crippen LogP contribution in [-0.4, -0.2) is 35.2 Å². The Kier molecular flexibility index (Phi) is 5.95. The third-order valence-corrected chi connectivity index (χ3v) is 5.40. The van der Waals surface area contributed by atoms with E-state index in [0.717, 1.165) is 0 Å². The summed E-state index contributed by atoms with van der Waals surface area (Å²) < 4.78 is 25.0. The minimum atomic E-state index is -3.42. The number of sulfone groups is 1. The number of nitrogens with two attached hydrogens (primary N) is 1. The maximum absolute atomic E-state index is 12.5. The Balaban J connectivity index is 2.18. The fraction of sp³-hybridized carbons (Fsp3) is 0.400. The van der Waals surface area contributed by atoms with Crippen LogP contribution in [0.4, 0.5) is 11.9 Å². The Hall–Kier alpha value is -1.93. The largest absolute Gasteiger partial charge is 0.368 e. The van der Waals surface area contributed by atoms with E-state index in [0.29, 0.717) is 12.2 Å². The summed E-state index contributed by atoms with van der Waals surface area (Å²) in [5, 5.41) is 2.58. The van der Waals surface area contributed by atoms with Gasteiger partial charge in [0.15, 0.2) is 15.7 Å². The van der Waals surface area contributed by atoms with E-state index >= 15 is 0 Å². The Morgan fingerprint density at radius 1 is 1.21 bits per heavy atom. The number of nitrogens with zero attached hydrogens (tertiary/aromatic N) is 3. The molecule has 1 heterocycles. The molecule has 130 valence electrons. The average molecular weight is 370 g/mol. The van der Waals surface area contributed by atoms with E-state index in [4.69, 9.17) is 17.3 Å². The number of alkyl halides is 1. The molecule has 0 amide bonds. The van der Waals surface area contributed by atoms with Crippen LogP contribution in [0, 0.1) is 0 Å². The van der Waals surface area contributed by atoms with Crippen LogP contribution >= 0.6 is 11.6 Å². The first-order chi connectivity index (χ1) is 11.3. The SMILES string of the molecule is CCC(CS(=O)(=O)c1ccccc1)Nc1nc(N)nc(C(C)Cl)n1. The lowest BCUT2D eigenvalue weighted by Crippen LogP contribution is -2.29. The van der Waals surface area contributed by atoms with Gasteiger partial charge in [0.2, 0.25) is 11.9 Å². The van der Waals surface area contributed by atoms with E-state index < -0.39 is 15.2 Å². The normalized spacial score (nSPS) is 14.1. The molecule has 1 aromatic carbocycles. The lowest BCUT2D eigenvalue weighted by atomic mass is 10.3. The Morgan fingerprint density at radius 2 is 1.88 bits per heavy atom. The highest BCUT2D eigenvalue weighted by Gasteiger charge is 2.21. The summed E-state index contributed by atoms with van der Waals surface area (Å²) in [5.74, 6) is 0.522. The van der Waals surface area contributed by atoms with E-state index in [-0.39, 0.29) is 28.6 Å². The zero-order valence-corrected chi connectivity index (χ0v) is 15.0. The molecule has 2 rings (SSSR count). The number of hydrogen-bond acceptors (Lipinski definition) is 7. The molecule has 7 nitrogen and oxygen atoms in total. The van der Waals surface area contributed by atoms with Crippen molar-refractivity contribution in [1.82, 2.24) is 15.0 Å². The van der Waals surface area contributed by atoms with Crippen LogP contribution in [0.25, 0.3) is 0 Å². The lowest BCUT2D eigenvalue weighted by molar-refractivity contribution is 0.587. The summed E-state index contributed by atoms with van der Waals surface area (Å²) in [4.78, 5) is 12.4.